The smallest absolute Gasteiger partial charge is 0.0641 e. The Morgan fingerprint density at radius 1 is 0.800 bits per heavy atom. The van der Waals surface area contributed by atoms with E-state index < -0.39 is 0 Å². The van der Waals surface area contributed by atoms with Gasteiger partial charge in [0.1, 0.15) is 0 Å². The summed E-state index contributed by atoms with van der Waals surface area (Å²) in [6.07, 6.45) is 0. The van der Waals surface area contributed by atoms with Gasteiger partial charge in [0.15, 0.2) is 0 Å². The van der Waals surface area contributed by atoms with Crippen LogP contribution in [0.3, 0.4) is 0 Å². The fraction of sp³-hybridized carbons (Fsp3) is 0. The van der Waals surface area contributed by atoms with Crippen LogP contribution in [0.4, 0.5) is 5.69 Å². The summed E-state index contributed by atoms with van der Waals surface area (Å²) in [5.41, 5.74) is 8.33. The van der Waals surface area contributed by atoms with E-state index in [9.17, 15) is 0 Å². The molecule has 76 valence electrons. The molecule has 0 aliphatic carbocycles. The average Bonchev–Trinajstić information content (AvgIpc) is 2.23. The lowest BCUT2D eigenvalue weighted by Gasteiger charge is -2.04. The van der Waals surface area contributed by atoms with Crippen LogP contribution in [0, 0.1) is 0 Å². The van der Waals surface area contributed by atoms with Gasteiger partial charge < -0.3 is 5.73 Å². The highest BCUT2D eigenvalue weighted by atomic mass is 35.5. The van der Waals surface area contributed by atoms with Crippen LogP contribution in [0.15, 0.2) is 42.5 Å². The minimum absolute atomic E-state index is 0.572. The molecule has 1 nitrogen and oxygen atoms in total. The highest BCUT2D eigenvalue weighted by molar-refractivity contribution is 6.33. The molecule has 0 aromatic heterocycles. The first-order valence-electron chi connectivity index (χ1n) is 4.48. The molecule has 0 aliphatic rings. The van der Waals surface area contributed by atoms with E-state index in [4.69, 9.17) is 28.9 Å². The van der Waals surface area contributed by atoms with Gasteiger partial charge in [-0.05, 0) is 35.4 Å². The van der Waals surface area contributed by atoms with E-state index in [1.807, 2.05) is 36.4 Å². The Bertz CT molecular complexity index is 477. The number of rotatable bonds is 1. The molecular weight excluding hydrogens is 229 g/mol. The highest BCUT2D eigenvalue weighted by Gasteiger charge is 2.00. The lowest BCUT2D eigenvalue weighted by Crippen LogP contribution is -1.86. The van der Waals surface area contributed by atoms with Crippen molar-refractivity contribution in [2.75, 3.05) is 5.73 Å². The maximum Gasteiger partial charge on any atom is 0.0641 e. The quantitative estimate of drug-likeness (QED) is 0.738. The van der Waals surface area contributed by atoms with Gasteiger partial charge in [0.25, 0.3) is 0 Å². The first-order valence-corrected chi connectivity index (χ1v) is 5.23. The Balaban J connectivity index is 2.45. The Labute approximate surface area is 98.4 Å². The van der Waals surface area contributed by atoms with Crippen molar-refractivity contribution in [1.82, 2.24) is 0 Å². The van der Waals surface area contributed by atoms with Gasteiger partial charge in [0.05, 0.1) is 10.7 Å². The zero-order valence-corrected chi connectivity index (χ0v) is 9.39. The Hall–Kier alpha value is -1.18. The second kappa shape index (κ2) is 4.13. The molecule has 2 aromatic carbocycles. The molecule has 0 aliphatic heterocycles. The van der Waals surface area contributed by atoms with Crippen molar-refractivity contribution >= 4 is 28.9 Å². The number of nitrogens with two attached hydrogens (primary N) is 1. The molecule has 15 heavy (non-hydrogen) atoms. The fourth-order valence-electron chi connectivity index (χ4n) is 1.35. The van der Waals surface area contributed by atoms with Crippen molar-refractivity contribution in [3.8, 4) is 11.1 Å². The van der Waals surface area contributed by atoms with E-state index >= 15 is 0 Å². The summed E-state index contributed by atoms with van der Waals surface area (Å²) >= 11 is 11.8. The largest absolute Gasteiger partial charge is 0.398 e. The first-order chi connectivity index (χ1) is 7.16. The van der Waals surface area contributed by atoms with Gasteiger partial charge >= 0.3 is 0 Å². The molecule has 0 fully saturated rings. The minimum atomic E-state index is 0.572. The Morgan fingerprint density at radius 3 is 2.00 bits per heavy atom. The molecule has 0 bridgehead atoms. The summed E-state index contributed by atoms with van der Waals surface area (Å²) in [5.74, 6) is 0. The lowest BCUT2D eigenvalue weighted by atomic mass is 10.1. The molecule has 0 saturated heterocycles. The predicted octanol–water partition coefficient (Wildman–Crippen LogP) is 4.24. The summed E-state index contributed by atoms with van der Waals surface area (Å²) < 4.78 is 0. The summed E-state index contributed by atoms with van der Waals surface area (Å²) in [4.78, 5) is 0. The highest BCUT2D eigenvalue weighted by Crippen LogP contribution is 2.27. The van der Waals surface area contributed by atoms with Crippen LogP contribution in [0.1, 0.15) is 0 Å². The van der Waals surface area contributed by atoms with Crippen LogP contribution in [0.25, 0.3) is 11.1 Å². The van der Waals surface area contributed by atoms with Crippen LogP contribution in [0.2, 0.25) is 10.0 Å². The van der Waals surface area contributed by atoms with E-state index in [1.54, 1.807) is 6.07 Å². The number of anilines is 1. The summed E-state index contributed by atoms with van der Waals surface area (Å²) in [7, 11) is 0. The standard InChI is InChI=1S/C12H9Cl2N/c13-10-4-1-8(2-5-10)9-3-6-12(15)11(14)7-9/h1-7H,15H2. The van der Waals surface area contributed by atoms with Gasteiger partial charge in [0, 0.05) is 5.02 Å². The molecule has 0 heterocycles. The van der Waals surface area contributed by atoms with Gasteiger partial charge in [-0.15, -0.1) is 0 Å². The molecule has 0 amide bonds. The topological polar surface area (TPSA) is 26.0 Å². The monoisotopic (exact) mass is 237 g/mol. The molecule has 2 rings (SSSR count). The molecule has 0 atom stereocenters. The van der Waals surface area contributed by atoms with Crippen LogP contribution >= 0.6 is 23.2 Å². The lowest BCUT2D eigenvalue weighted by molar-refractivity contribution is 1.61. The maximum atomic E-state index is 5.94. The van der Waals surface area contributed by atoms with Crippen LogP contribution in [-0.4, -0.2) is 0 Å². The van der Waals surface area contributed by atoms with Gasteiger partial charge in [0.2, 0.25) is 0 Å². The second-order valence-corrected chi connectivity index (χ2v) is 4.09. The third-order valence-corrected chi connectivity index (χ3v) is 2.76. The number of hydrogen-bond acceptors (Lipinski definition) is 1. The number of benzene rings is 2. The van der Waals surface area contributed by atoms with Crippen molar-refractivity contribution in [3.05, 3.63) is 52.5 Å². The van der Waals surface area contributed by atoms with Gasteiger partial charge in [-0.1, -0.05) is 41.4 Å². The Morgan fingerprint density at radius 2 is 1.40 bits per heavy atom. The zero-order chi connectivity index (χ0) is 10.8. The van der Waals surface area contributed by atoms with Gasteiger partial charge in [-0.2, -0.15) is 0 Å². The molecule has 0 saturated carbocycles. The fourth-order valence-corrected chi connectivity index (χ4v) is 1.66. The molecule has 2 aromatic rings. The van der Waals surface area contributed by atoms with Crippen molar-refractivity contribution < 1.29 is 0 Å². The van der Waals surface area contributed by atoms with E-state index in [1.165, 1.54) is 0 Å². The van der Waals surface area contributed by atoms with Gasteiger partial charge in [-0.25, -0.2) is 0 Å². The van der Waals surface area contributed by atoms with E-state index in [0.717, 1.165) is 16.1 Å². The summed E-state index contributed by atoms with van der Waals surface area (Å²) in [6, 6.07) is 13.2. The van der Waals surface area contributed by atoms with Crippen LogP contribution < -0.4 is 5.73 Å². The van der Waals surface area contributed by atoms with Crippen LogP contribution in [0.5, 0.6) is 0 Å². The SMILES string of the molecule is Nc1ccc(-c2ccc(Cl)cc2)cc1Cl. The van der Waals surface area contributed by atoms with Crippen molar-refractivity contribution in [2.24, 2.45) is 0 Å². The molecular formula is C12H9Cl2N. The zero-order valence-electron chi connectivity index (χ0n) is 7.87. The van der Waals surface area contributed by atoms with E-state index in [-0.39, 0.29) is 0 Å². The summed E-state index contributed by atoms with van der Waals surface area (Å²) in [5, 5.41) is 1.29. The Kier molecular flexibility index (Phi) is 2.85. The number of hydrogen-bond donors (Lipinski definition) is 1. The molecule has 2 N–H and O–H groups in total. The van der Waals surface area contributed by atoms with Crippen LogP contribution in [-0.2, 0) is 0 Å². The van der Waals surface area contributed by atoms with E-state index in [0.29, 0.717) is 10.7 Å². The summed E-state index contributed by atoms with van der Waals surface area (Å²) in [6.45, 7) is 0. The molecule has 0 spiro atoms. The molecule has 0 unspecified atom stereocenters. The van der Waals surface area contributed by atoms with Crippen molar-refractivity contribution in [3.63, 3.8) is 0 Å². The minimum Gasteiger partial charge on any atom is -0.398 e. The number of nitrogen functional groups attached to an aromatic ring is 1. The average molecular weight is 238 g/mol. The third-order valence-electron chi connectivity index (χ3n) is 2.18. The van der Waals surface area contributed by atoms with Gasteiger partial charge in [-0.3, -0.25) is 0 Å². The normalized spacial score (nSPS) is 10.3. The maximum absolute atomic E-state index is 5.94. The first kappa shape index (κ1) is 10.3. The van der Waals surface area contributed by atoms with Crippen molar-refractivity contribution in [2.45, 2.75) is 0 Å². The van der Waals surface area contributed by atoms with E-state index in [2.05, 4.69) is 0 Å². The molecule has 0 radical (unpaired) electrons. The number of halogens is 2. The third kappa shape index (κ3) is 2.25. The molecule has 3 heteroatoms. The second-order valence-electron chi connectivity index (χ2n) is 3.24. The van der Waals surface area contributed by atoms with Crippen molar-refractivity contribution in [1.29, 1.82) is 0 Å². The predicted molar refractivity (Wildman–Crippen MR) is 66.3 cm³/mol.